The zero-order valence-corrected chi connectivity index (χ0v) is 23.9. The Morgan fingerprint density at radius 2 is 0.833 bits per heavy atom. The van der Waals surface area contributed by atoms with Gasteiger partial charge in [0.1, 0.15) is 19.8 Å². The highest BCUT2D eigenvalue weighted by molar-refractivity contribution is 4.54. The molecule has 0 fully saturated rings. The molecule has 0 saturated carbocycles. The zero-order valence-electron chi connectivity index (χ0n) is 23.9. The summed E-state index contributed by atoms with van der Waals surface area (Å²) in [6.45, 7) is 18.4. The minimum atomic E-state index is -0.669. The predicted octanol–water partition coefficient (Wildman–Crippen LogP) is 4.14. The Balaban J connectivity index is 4.88. The Morgan fingerprint density at radius 1 is 0.417 bits per heavy atom. The van der Waals surface area contributed by atoms with Gasteiger partial charge < -0.3 is 47.4 Å². The van der Waals surface area contributed by atoms with Crippen LogP contribution in [0, 0.1) is 0 Å². The van der Waals surface area contributed by atoms with E-state index in [9.17, 15) is 0 Å². The molecule has 0 rings (SSSR count). The summed E-state index contributed by atoms with van der Waals surface area (Å²) in [6, 6.07) is 0. The van der Waals surface area contributed by atoms with Crippen molar-refractivity contribution >= 4 is 0 Å². The summed E-state index contributed by atoms with van der Waals surface area (Å²) >= 11 is 0. The van der Waals surface area contributed by atoms with Gasteiger partial charge in [0.15, 0.2) is 25.2 Å². The van der Waals surface area contributed by atoms with Crippen LogP contribution in [0.2, 0.25) is 0 Å². The zero-order chi connectivity index (χ0) is 26.9. The van der Waals surface area contributed by atoms with Gasteiger partial charge in [0.2, 0.25) is 0 Å². The quantitative estimate of drug-likeness (QED) is 0.109. The lowest BCUT2D eigenvalue weighted by Crippen LogP contribution is -2.36. The van der Waals surface area contributed by atoms with Gasteiger partial charge in [-0.3, -0.25) is 0 Å². The second kappa shape index (κ2) is 26.2. The largest absolute Gasteiger partial charge is 0.379 e. The monoisotopic (exact) mass is 526 g/mol. The molecule has 0 N–H and O–H groups in total. The topological polar surface area (TPSA) is 92.3 Å². The Morgan fingerprint density at radius 3 is 1.28 bits per heavy atom. The Bertz CT molecular complexity index is 437. The Kier molecular flexibility index (Phi) is 25.9. The van der Waals surface area contributed by atoms with Gasteiger partial charge in [0.05, 0.1) is 19.3 Å². The molecule has 0 aliphatic rings. The molecule has 36 heavy (non-hydrogen) atoms. The van der Waals surface area contributed by atoms with E-state index in [0.29, 0.717) is 39.6 Å². The second-order valence-electron chi connectivity index (χ2n) is 7.98. The summed E-state index contributed by atoms with van der Waals surface area (Å²) in [5, 5.41) is 0. The Labute approximate surface area is 219 Å². The SMILES string of the molecule is CCCCOCC(C)OCC(OCC(OCC)OCC)OCC(OCC)OCC(OCC)OCCC. The normalized spacial score (nSPS) is 15.3. The molecule has 10 heteroatoms. The maximum Gasteiger partial charge on any atom is 0.181 e. The van der Waals surface area contributed by atoms with Gasteiger partial charge in [-0.05, 0) is 47.5 Å². The summed E-state index contributed by atoms with van der Waals surface area (Å²) in [6.07, 6.45) is 0.696. The molecule has 0 amide bonds. The molecule has 0 aromatic rings. The summed E-state index contributed by atoms with van der Waals surface area (Å²) < 4.78 is 57.5. The van der Waals surface area contributed by atoms with Gasteiger partial charge in [0, 0.05) is 39.6 Å². The van der Waals surface area contributed by atoms with Gasteiger partial charge in [-0.15, -0.1) is 0 Å². The van der Waals surface area contributed by atoms with Crippen LogP contribution < -0.4 is 0 Å². The van der Waals surface area contributed by atoms with E-state index in [1.54, 1.807) is 0 Å². The summed E-state index contributed by atoms with van der Waals surface area (Å²) in [4.78, 5) is 0. The molecular weight excluding hydrogens is 472 g/mol. The average molecular weight is 527 g/mol. The van der Waals surface area contributed by atoms with Crippen LogP contribution in [0.15, 0.2) is 0 Å². The molecule has 0 saturated heterocycles. The number of hydrogen-bond acceptors (Lipinski definition) is 10. The third-order valence-corrected chi connectivity index (χ3v) is 4.68. The first-order valence-electron chi connectivity index (χ1n) is 13.7. The summed E-state index contributed by atoms with van der Waals surface area (Å²) in [5.74, 6) is 0. The first kappa shape index (κ1) is 35.6. The molecule has 0 aromatic carbocycles. The highest BCUT2D eigenvalue weighted by atomic mass is 16.8. The van der Waals surface area contributed by atoms with Crippen LogP contribution in [0.4, 0.5) is 0 Å². The fourth-order valence-corrected chi connectivity index (χ4v) is 2.91. The molecule has 10 nitrogen and oxygen atoms in total. The number of unbranched alkanes of at least 4 members (excludes halogenated alkanes) is 1. The molecule has 0 bridgehead atoms. The van der Waals surface area contributed by atoms with Gasteiger partial charge in [-0.25, -0.2) is 0 Å². The molecular formula is C26H54O10. The second-order valence-corrected chi connectivity index (χ2v) is 7.98. The highest BCUT2D eigenvalue weighted by Gasteiger charge is 2.21. The van der Waals surface area contributed by atoms with Crippen molar-refractivity contribution < 1.29 is 47.4 Å². The highest BCUT2D eigenvalue weighted by Crippen LogP contribution is 2.08. The molecule has 218 valence electrons. The van der Waals surface area contributed by atoms with Crippen LogP contribution in [0.25, 0.3) is 0 Å². The van der Waals surface area contributed by atoms with E-state index in [4.69, 9.17) is 47.4 Å². The van der Waals surface area contributed by atoms with Crippen LogP contribution in [0.5, 0.6) is 0 Å². The molecule has 4 atom stereocenters. The maximum absolute atomic E-state index is 6.00. The molecule has 0 heterocycles. The van der Waals surface area contributed by atoms with Crippen molar-refractivity contribution in [1.82, 2.24) is 0 Å². The van der Waals surface area contributed by atoms with Crippen LogP contribution in [0.3, 0.4) is 0 Å². The van der Waals surface area contributed by atoms with Crippen LogP contribution in [0.1, 0.15) is 67.7 Å². The van der Waals surface area contributed by atoms with Crippen LogP contribution in [-0.2, 0) is 47.4 Å². The third kappa shape index (κ3) is 20.6. The molecule has 0 aliphatic heterocycles. The molecule has 0 aliphatic carbocycles. The summed E-state index contributed by atoms with van der Waals surface area (Å²) in [7, 11) is 0. The maximum atomic E-state index is 6.00. The van der Waals surface area contributed by atoms with Crippen LogP contribution in [-0.4, -0.2) is 104 Å². The van der Waals surface area contributed by atoms with Crippen LogP contribution >= 0.6 is 0 Å². The average Bonchev–Trinajstić information content (AvgIpc) is 2.87. The first-order chi connectivity index (χ1) is 17.5. The lowest BCUT2D eigenvalue weighted by Gasteiger charge is -2.26. The van der Waals surface area contributed by atoms with Gasteiger partial charge >= 0.3 is 0 Å². The van der Waals surface area contributed by atoms with E-state index in [0.717, 1.165) is 25.9 Å². The van der Waals surface area contributed by atoms with Crippen molar-refractivity contribution in [2.45, 2.75) is 99.0 Å². The van der Waals surface area contributed by atoms with Gasteiger partial charge in [-0.1, -0.05) is 20.3 Å². The molecule has 4 unspecified atom stereocenters. The van der Waals surface area contributed by atoms with E-state index in [1.807, 2.05) is 41.5 Å². The van der Waals surface area contributed by atoms with Crippen molar-refractivity contribution in [1.29, 1.82) is 0 Å². The van der Waals surface area contributed by atoms with Crippen molar-refractivity contribution in [3.63, 3.8) is 0 Å². The van der Waals surface area contributed by atoms with Gasteiger partial charge in [0.25, 0.3) is 0 Å². The number of ether oxygens (including phenoxy) is 10. The van der Waals surface area contributed by atoms with Crippen molar-refractivity contribution in [3.8, 4) is 0 Å². The summed E-state index contributed by atoms with van der Waals surface area (Å²) in [5.41, 5.74) is 0. The minimum Gasteiger partial charge on any atom is -0.379 e. The lowest BCUT2D eigenvalue weighted by molar-refractivity contribution is -0.266. The first-order valence-corrected chi connectivity index (χ1v) is 13.7. The van der Waals surface area contributed by atoms with E-state index in [1.165, 1.54) is 0 Å². The predicted molar refractivity (Wildman–Crippen MR) is 137 cm³/mol. The van der Waals surface area contributed by atoms with E-state index in [-0.39, 0.29) is 32.5 Å². The minimum absolute atomic E-state index is 0.104. The fraction of sp³-hybridized carbons (Fsp3) is 1.00. The van der Waals surface area contributed by atoms with E-state index >= 15 is 0 Å². The van der Waals surface area contributed by atoms with Crippen molar-refractivity contribution in [2.75, 3.05) is 72.7 Å². The third-order valence-electron chi connectivity index (χ3n) is 4.68. The van der Waals surface area contributed by atoms with E-state index in [2.05, 4.69) is 6.92 Å². The van der Waals surface area contributed by atoms with E-state index < -0.39 is 25.2 Å². The molecule has 0 spiro atoms. The Hall–Kier alpha value is -0.400. The molecule has 0 radical (unpaired) electrons. The van der Waals surface area contributed by atoms with Crippen molar-refractivity contribution in [2.24, 2.45) is 0 Å². The number of hydrogen-bond donors (Lipinski definition) is 0. The lowest BCUT2D eigenvalue weighted by atomic mass is 10.3. The fourth-order valence-electron chi connectivity index (χ4n) is 2.91. The standard InChI is InChI=1S/C26H54O10/c1-8-14-16-27-17-22(7)33-18-26(35-19-23(28-10-3)29-11-4)36-21-25(31-13-6)34-20-24(30-12-5)32-15-9-2/h22-26H,8-21H2,1-7H3. The van der Waals surface area contributed by atoms with Crippen molar-refractivity contribution in [3.05, 3.63) is 0 Å². The number of rotatable bonds is 28. The van der Waals surface area contributed by atoms with Gasteiger partial charge in [-0.2, -0.15) is 0 Å². The smallest absolute Gasteiger partial charge is 0.181 e. The molecule has 0 aromatic heterocycles.